The summed E-state index contributed by atoms with van der Waals surface area (Å²) in [5.41, 5.74) is 6.97. The van der Waals surface area contributed by atoms with Crippen LogP contribution in [0.3, 0.4) is 0 Å². The Bertz CT molecular complexity index is 671. The first kappa shape index (κ1) is 14.5. The number of methoxy groups -OCH3 is 1. The van der Waals surface area contributed by atoms with Gasteiger partial charge in [0, 0.05) is 17.8 Å². The molecule has 0 saturated heterocycles. The zero-order chi connectivity index (χ0) is 15.4. The minimum absolute atomic E-state index is 0.00197. The molecule has 21 heavy (non-hydrogen) atoms. The molecule has 5 N–H and O–H groups in total. The van der Waals surface area contributed by atoms with Crippen LogP contribution in [-0.4, -0.2) is 23.2 Å². The van der Waals surface area contributed by atoms with Crippen LogP contribution in [0.5, 0.6) is 17.2 Å². The Morgan fingerprint density at radius 1 is 1.29 bits per heavy atom. The number of hydrogen-bond donors (Lipinski definition) is 4. The summed E-state index contributed by atoms with van der Waals surface area (Å²) in [4.78, 5) is 12.0. The molecule has 1 amide bonds. The SMILES string of the molecule is COc1ccc(N)cc1CNC(=O)c1cccc(O)c1O. The van der Waals surface area contributed by atoms with Crippen molar-refractivity contribution >= 4 is 11.6 Å². The molecular formula is C15H16N2O4. The van der Waals surface area contributed by atoms with E-state index < -0.39 is 11.7 Å². The molecule has 0 spiro atoms. The van der Waals surface area contributed by atoms with Gasteiger partial charge in [-0.1, -0.05) is 6.07 Å². The highest BCUT2D eigenvalue weighted by Crippen LogP contribution is 2.28. The Kier molecular flexibility index (Phi) is 4.18. The van der Waals surface area contributed by atoms with E-state index in [2.05, 4.69) is 5.32 Å². The number of phenols is 2. The van der Waals surface area contributed by atoms with Crippen molar-refractivity contribution in [2.24, 2.45) is 0 Å². The van der Waals surface area contributed by atoms with Gasteiger partial charge in [0.2, 0.25) is 0 Å². The van der Waals surface area contributed by atoms with Gasteiger partial charge in [0.05, 0.1) is 12.7 Å². The molecule has 0 aliphatic heterocycles. The van der Waals surface area contributed by atoms with Gasteiger partial charge < -0.3 is 26.0 Å². The third-order valence-corrected chi connectivity index (χ3v) is 3.00. The van der Waals surface area contributed by atoms with E-state index >= 15 is 0 Å². The molecule has 0 aliphatic rings. The van der Waals surface area contributed by atoms with Crippen LogP contribution >= 0.6 is 0 Å². The fraction of sp³-hybridized carbons (Fsp3) is 0.133. The number of carbonyl (C=O) groups excluding carboxylic acids is 1. The number of aromatic hydroxyl groups is 2. The molecule has 0 aliphatic carbocycles. The van der Waals surface area contributed by atoms with Crippen LogP contribution < -0.4 is 15.8 Å². The molecule has 0 atom stereocenters. The lowest BCUT2D eigenvalue weighted by Crippen LogP contribution is -2.23. The van der Waals surface area contributed by atoms with E-state index in [0.717, 1.165) is 0 Å². The van der Waals surface area contributed by atoms with Crippen LogP contribution in [0.4, 0.5) is 5.69 Å². The van der Waals surface area contributed by atoms with Crippen molar-refractivity contribution in [1.82, 2.24) is 5.32 Å². The van der Waals surface area contributed by atoms with E-state index in [1.165, 1.54) is 25.3 Å². The number of carbonyl (C=O) groups is 1. The largest absolute Gasteiger partial charge is 0.504 e. The predicted molar refractivity (Wildman–Crippen MR) is 78.3 cm³/mol. The zero-order valence-corrected chi connectivity index (χ0v) is 11.5. The van der Waals surface area contributed by atoms with Gasteiger partial charge in [0.1, 0.15) is 5.75 Å². The van der Waals surface area contributed by atoms with Crippen molar-refractivity contribution in [3.8, 4) is 17.2 Å². The summed E-state index contributed by atoms with van der Waals surface area (Å²) in [5.74, 6) is -0.698. The third-order valence-electron chi connectivity index (χ3n) is 3.00. The average molecular weight is 288 g/mol. The summed E-state index contributed by atoms with van der Waals surface area (Å²) in [6, 6.07) is 9.30. The van der Waals surface area contributed by atoms with Crippen molar-refractivity contribution in [3.05, 3.63) is 47.5 Å². The quantitative estimate of drug-likeness (QED) is 0.505. The van der Waals surface area contributed by atoms with Crippen LogP contribution in [0, 0.1) is 0 Å². The van der Waals surface area contributed by atoms with Crippen molar-refractivity contribution < 1.29 is 19.7 Å². The third kappa shape index (κ3) is 3.17. The van der Waals surface area contributed by atoms with Crippen molar-refractivity contribution in [1.29, 1.82) is 0 Å². The molecule has 6 nitrogen and oxygen atoms in total. The van der Waals surface area contributed by atoms with Gasteiger partial charge in [-0.05, 0) is 30.3 Å². The van der Waals surface area contributed by atoms with Crippen LogP contribution in [-0.2, 0) is 6.54 Å². The lowest BCUT2D eigenvalue weighted by molar-refractivity contribution is 0.0947. The maximum Gasteiger partial charge on any atom is 0.255 e. The van der Waals surface area contributed by atoms with Crippen LogP contribution in [0.25, 0.3) is 0 Å². The molecule has 0 radical (unpaired) electrons. The van der Waals surface area contributed by atoms with Gasteiger partial charge in [-0.3, -0.25) is 4.79 Å². The molecule has 0 heterocycles. The number of para-hydroxylation sites is 1. The van der Waals surface area contributed by atoms with Crippen molar-refractivity contribution in [3.63, 3.8) is 0 Å². The number of amides is 1. The van der Waals surface area contributed by atoms with Crippen LogP contribution in [0.15, 0.2) is 36.4 Å². The standard InChI is InChI=1S/C15H16N2O4/c1-21-13-6-5-10(16)7-9(13)8-17-15(20)11-3-2-4-12(18)14(11)19/h2-7,18-19H,8,16H2,1H3,(H,17,20). The average Bonchev–Trinajstić information content (AvgIpc) is 2.47. The Balaban J connectivity index is 2.15. The molecule has 2 aromatic rings. The fourth-order valence-electron chi connectivity index (χ4n) is 1.92. The van der Waals surface area contributed by atoms with Gasteiger partial charge in [-0.15, -0.1) is 0 Å². The fourth-order valence-corrected chi connectivity index (χ4v) is 1.92. The highest BCUT2D eigenvalue weighted by molar-refractivity contribution is 5.97. The Hall–Kier alpha value is -2.89. The monoisotopic (exact) mass is 288 g/mol. The van der Waals surface area contributed by atoms with E-state index in [0.29, 0.717) is 17.0 Å². The van der Waals surface area contributed by atoms with E-state index in [1.807, 2.05) is 0 Å². The molecular weight excluding hydrogens is 272 g/mol. The number of anilines is 1. The molecule has 2 rings (SSSR count). The van der Waals surface area contributed by atoms with Gasteiger partial charge in [-0.2, -0.15) is 0 Å². The zero-order valence-electron chi connectivity index (χ0n) is 11.5. The molecule has 0 bridgehead atoms. The second kappa shape index (κ2) is 6.04. The van der Waals surface area contributed by atoms with E-state index in [4.69, 9.17) is 10.5 Å². The highest BCUT2D eigenvalue weighted by atomic mass is 16.5. The lowest BCUT2D eigenvalue weighted by atomic mass is 10.1. The minimum Gasteiger partial charge on any atom is -0.504 e. The van der Waals surface area contributed by atoms with E-state index in [1.54, 1.807) is 18.2 Å². The van der Waals surface area contributed by atoms with Crippen LogP contribution in [0.2, 0.25) is 0 Å². The van der Waals surface area contributed by atoms with E-state index in [-0.39, 0.29) is 17.9 Å². The first-order valence-corrected chi connectivity index (χ1v) is 6.24. The smallest absolute Gasteiger partial charge is 0.255 e. The summed E-state index contributed by atoms with van der Waals surface area (Å²) >= 11 is 0. The number of ether oxygens (including phenoxy) is 1. The number of rotatable bonds is 4. The summed E-state index contributed by atoms with van der Waals surface area (Å²) in [6.07, 6.45) is 0. The number of nitrogens with two attached hydrogens (primary N) is 1. The number of nitrogens with one attached hydrogen (secondary N) is 1. The Morgan fingerprint density at radius 3 is 2.76 bits per heavy atom. The number of hydrogen-bond acceptors (Lipinski definition) is 5. The topological polar surface area (TPSA) is 105 Å². The first-order chi connectivity index (χ1) is 10.0. The maximum atomic E-state index is 12.0. The number of nitrogen functional groups attached to an aromatic ring is 1. The second-order valence-electron chi connectivity index (χ2n) is 4.43. The maximum absolute atomic E-state index is 12.0. The number of phenolic OH excluding ortho intramolecular Hbond substituents is 2. The van der Waals surface area contributed by atoms with Gasteiger partial charge >= 0.3 is 0 Å². The molecule has 0 aromatic heterocycles. The molecule has 0 fully saturated rings. The summed E-state index contributed by atoms with van der Waals surface area (Å²) in [5, 5.41) is 21.7. The summed E-state index contributed by atoms with van der Waals surface area (Å²) < 4.78 is 5.18. The predicted octanol–water partition coefficient (Wildman–Crippen LogP) is 1.62. The van der Waals surface area contributed by atoms with Crippen LogP contribution in [0.1, 0.15) is 15.9 Å². The molecule has 110 valence electrons. The normalized spacial score (nSPS) is 10.1. The van der Waals surface area contributed by atoms with Crippen molar-refractivity contribution in [2.75, 3.05) is 12.8 Å². The molecule has 0 unspecified atom stereocenters. The summed E-state index contributed by atoms with van der Waals surface area (Å²) in [6.45, 7) is 0.183. The minimum atomic E-state index is -0.507. The Labute approximate surface area is 121 Å². The van der Waals surface area contributed by atoms with Gasteiger partial charge in [0.15, 0.2) is 11.5 Å². The highest BCUT2D eigenvalue weighted by Gasteiger charge is 2.14. The Morgan fingerprint density at radius 2 is 2.05 bits per heavy atom. The second-order valence-corrected chi connectivity index (χ2v) is 4.43. The molecule has 6 heteroatoms. The van der Waals surface area contributed by atoms with E-state index in [9.17, 15) is 15.0 Å². The summed E-state index contributed by atoms with van der Waals surface area (Å²) in [7, 11) is 1.53. The van der Waals surface area contributed by atoms with Crippen molar-refractivity contribution in [2.45, 2.75) is 6.54 Å². The van der Waals surface area contributed by atoms with Gasteiger partial charge in [0.25, 0.3) is 5.91 Å². The molecule has 0 saturated carbocycles. The molecule has 2 aromatic carbocycles. The lowest BCUT2D eigenvalue weighted by Gasteiger charge is -2.11. The first-order valence-electron chi connectivity index (χ1n) is 6.24. The van der Waals surface area contributed by atoms with Gasteiger partial charge in [-0.25, -0.2) is 0 Å². The number of benzene rings is 2.